The van der Waals surface area contributed by atoms with Crippen LogP contribution in [0.4, 0.5) is 16.2 Å². The summed E-state index contributed by atoms with van der Waals surface area (Å²) >= 11 is 0. The maximum Gasteiger partial charge on any atom is 0.323 e. The van der Waals surface area contributed by atoms with Crippen LogP contribution < -0.4 is 10.6 Å². The highest BCUT2D eigenvalue weighted by molar-refractivity contribution is 6.01. The predicted octanol–water partition coefficient (Wildman–Crippen LogP) is 2.67. The molecule has 0 fully saturated rings. The van der Waals surface area contributed by atoms with Gasteiger partial charge in [-0.15, -0.1) is 0 Å². The second-order valence-electron chi connectivity index (χ2n) is 4.86. The van der Waals surface area contributed by atoms with Gasteiger partial charge in [0.05, 0.1) is 25.0 Å². The quantitative estimate of drug-likeness (QED) is 0.692. The van der Waals surface area contributed by atoms with Crippen molar-refractivity contribution in [3.63, 3.8) is 0 Å². The second kappa shape index (κ2) is 6.28. The number of hydrogen-bond donors (Lipinski definition) is 3. The van der Waals surface area contributed by atoms with Crippen LogP contribution in [0, 0.1) is 0 Å². The van der Waals surface area contributed by atoms with Crippen LogP contribution in [0.15, 0.2) is 54.9 Å². The minimum Gasteiger partial charge on any atom is -0.394 e. The van der Waals surface area contributed by atoms with Crippen LogP contribution in [0.5, 0.6) is 0 Å². The zero-order valence-electron chi connectivity index (χ0n) is 11.9. The molecule has 3 N–H and O–H groups in total. The molecule has 0 aliphatic rings. The topological polar surface area (TPSA) is 79.2 Å². The van der Waals surface area contributed by atoms with E-state index < -0.39 is 0 Å². The van der Waals surface area contributed by atoms with Gasteiger partial charge < -0.3 is 15.7 Å². The number of anilines is 2. The van der Waals surface area contributed by atoms with Crippen LogP contribution in [0.3, 0.4) is 0 Å². The minimum atomic E-state index is -0.334. The van der Waals surface area contributed by atoms with Crippen LogP contribution in [0.2, 0.25) is 0 Å². The summed E-state index contributed by atoms with van der Waals surface area (Å²) in [6.07, 6.45) is 3.20. The van der Waals surface area contributed by atoms with Crippen molar-refractivity contribution < 1.29 is 9.90 Å². The van der Waals surface area contributed by atoms with Gasteiger partial charge in [0, 0.05) is 11.9 Å². The van der Waals surface area contributed by atoms with Crippen LogP contribution >= 0.6 is 0 Å². The Morgan fingerprint density at radius 2 is 1.86 bits per heavy atom. The number of carbonyl (C=O) groups is 1. The zero-order chi connectivity index (χ0) is 15.4. The standard InChI is InChI=1S/C16H16N4O2/c21-8-7-20-11-15(10-17-20)19-16(22)18-14-6-5-12-3-1-2-4-13(12)9-14/h1-6,9-11,21H,7-8H2,(H2,18,19,22). The van der Waals surface area contributed by atoms with Crippen LogP contribution in [0.1, 0.15) is 0 Å². The third-order valence-corrected chi connectivity index (χ3v) is 3.23. The van der Waals surface area contributed by atoms with Gasteiger partial charge in [-0.1, -0.05) is 30.3 Å². The van der Waals surface area contributed by atoms with E-state index in [0.717, 1.165) is 16.5 Å². The van der Waals surface area contributed by atoms with Gasteiger partial charge in [0.15, 0.2) is 0 Å². The Labute approximate surface area is 127 Å². The SMILES string of the molecule is O=C(Nc1ccc2ccccc2c1)Nc1cnn(CCO)c1. The number of urea groups is 1. The van der Waals surface area contributed by atoms with Crippen LogP contribution in [0.25, 0.3) is 10.8 Å². The highest BCUT2D eigenvalue weighted by Crippen LogP contribution is 2.19. The van der Waals surface area contributed by atoms with Crippen LogP contribution in [-0.4, -0.2) is 27.5 Å². The van der Waals surface area contributed by atoms with Gasteiger partial charge in [-0.2, -0.15) is 5.10 Å². The number of fused-ring (bicyclic) bond motifs is 1. The molecule has 0 aliphatic heterocycles. The molecule has 6 heteroatoms. The fraction of sp³-hybridized carbons (Fsp3) is 0.125. The fourth-order valence-corrected chi connectivity index (χ4v) is 2.21. The fourth-order valence-electron chi connectivity index (χ4n) is 2.21. The van der Waals surface area contributed by atoms with Gasteiger partial charge in [-0.25, -0.2) is 4.79 Å². The number of aliphatic hydroxyl groups is 1. The van der Waals surface area contributed by atoms with E-state index in [2.05, 4.69) is 15.7 Å². The number of amides is 2. The van der Waals surface area contributed by atoms with E-state index in [0.29, 0.717) is 12.2 Å². The second-order valence-corrected chi connectivity index (χ2v) is 4.86. The lowest BCUT2D eigenvalue weighted by atomic mass is 10.1. The first-order chi connectivity index (χ1) is 10.7. The van der Waals surface area contributed by atoms with Crippen LogP contribution in [-0.2, 0) is 6.54 Å². The Bertz CT molecular complexity index is 797. The normalized spacial score (nSPS) is 10.6. The van der Waals surface area contributed by atoms with E-state index in [1.807, 2.05) is 42.5 Å². The number of aromatic nitrogens is 2. The highest BCUT2D eigenvalue weighted by Gasteiger charge is 2.05. The lowest BCUT2D eigenvalue weighted by Crippen LogP contribution is -2.19. The molecule has 1 heterocycles. The van der Waals surface area contributed by atoms with Gasteiger partial charge in [-0.3, -0.25) is 4.68 Å². The molecule has 2 aromatic carbocycles. The van der Waals surface area contributed by atoms with Crippen molar-refractivity contribution in [1.82, 2.24) is 9.78 Å². The average molecular weight is 296 g/mol. The monoisotopic (exact) mass is 296 g/mol. The molecule has 0 radical (unpaired) electrons. The van der Waals surface area contributed by atoms with E-state index in [1.165, 1.54) is 6.20 Å². The Morgan fingerprint density at radius 3 is 2.68 bits per heavy atom. The first-order valence-corrected chi connectivity index (χ1v) is 6.95. The third-order valence-electron chi connectivity index (χ3n) is 3.23. The molecule has 112 valence electrons. The summed E-state index contributed by atoms with van der Waals surface area (Å²) in [6.45, 7) is 0.401. The van der Waals surface area contributed by atoms with Gasteiger partial charge >= 0.3 is 6.03 Å². The summed E-state index contributed by atoms with van der Waals surface area (Å²) in [5.74, 6) is 0. The molecular formula is C16H16N4O2. The highest BCUT2D eigenvalue weighted by atomic mass is 16.3. The van der Waals surface area contributed by atoms with E-state index in [-0.39, 0.29) is 12.6 Å². The van der Waals surface area contributed by atoms with Crippen molar-refractivity contribution in [3.8, 4) is 0 Å². The van der Waals surface area contributed by atoms with E-state index in [1.54, 1.807) is 10.9 Å². The number of carbonyl (C=O) groups excluding carboxylic acids is 1. The van der Waals surface area contributed by atoms with Gasteiger partial charge in [-0.05, 0) is 22.9 Å². The molecule has 3 aromatic rings. The maximum atomic E-state index is 12.0. The van der Waals surface area contributed by atoms with Crippen molar-refractivity contribution >= 4 is 28.2 Å². The zero-order valence-corrected chi connectivity index (χ0v) is 11.9. The van der Waals surface area contributed by atoms with Gasteiger partial charge in [0.2, 0.25) is 0 Å². The molecule has 0 saturated carbocycles. The Kier molecular flexibility index (Phi) is 4.02. The molecule has 22 heavy (non-hydrogen) atoms. The molecule has 0 aliphatic carbocycles. The number of benzene rings is 2. The summed E-state index contributed by atoms with van der Waals surface area (Å²) in [5.41, 5.74) is 1.30. The van der Waals surface area contributed by atoms with Crippen molar-refractivity contribution in [2.75, 3.05) is 17.2 Å². The summed E-state index contributed by atoms with van der Waals surface area (Å²) in [6, 6.07) is 13.4. The molecule has 0 atom stereocenters. The number of rotatable bonds is 4. The number of aliphatic hydroxyl groups excluding tert-OH is 1. The molecule has 0 saturated heterocycles. The van der Waals surface area contributed by atoms with E-state index >= 15 is 0 Å². The average Bonchev–Trinajstić information content (AvgIpc) is 2.94. The molecule has 0 bridgehead atoms. The molecular weight excluding hydrogens is 280 g/mol. The van der Waals surface area contributed by atoms with Gasteiger partial charge in [0.25, 0.3) is 0 Å². The lowest BCUT2D eigenvalue weighted by molar-refractivity contribution is 0.262. The number of nitrogens with one attached hydrogen (secondary N) is 2. The summed E-state index contributed by atoms with van der Waals surface area (Å²) < 4.78 is 1.56. The van der Waals surface area contributed by atoms with E-state index in [4.69, 9.17) is 5.11 Å². The predicted molar refractivity (Wildman–Crippen MR) is 85.9 cm³/mol. The molecule has 2 amide bonds. The number of hydrogen-bond acceptors (Lipinski definition) is 3. The first kappa shape index (κ1) is 14.1. The smallest absolute Gasteiger partial charge is 0.323 e. The minimum absolute atomic E-state index is 0.00437. The molecule has 0 spiro atoms. The van der Waals surface area contributed by atoms with Crippen molar-refractivity contribution in [3.05, 3.63) is 54.9 Å². The Balaban J connectivity index is 1.66. The number of nitrogens with zero attached hydrogens (tertiary/aromatic N) is 2. The van der Waals surface area contributed by atoms with Crippen molar-refractivity contribution in [1.29, 1.82) is 0 Å². The maximum absolute atomic E-state index is 12.0. The Morgan fingerprint density at radius 1 is 1.09 bits per heavy atom. The molecule has 6 nitrogen and oxygen atoms in total. The van der Waals surface area contributed by atoms with Crippen molar-refractivity contribution in [2.24, 2.45) is 0 Å². The summed E-state index contributed by atoms with van der Waals surface area (Å²) in [7, 11) is 0. The largest absolute Gasteiger partial charge is 0.394 e. The summed E-state index contributed by atoms with van der Waals surface area (Å²) in [5, 5.41) is 20.5. The third kappa shape index (κ3) is 3.24. The van der Waals surface area contributed by atoms with Crippen molar-refractivity contribution in [2.45, 2.75) is 6.54 Å². The van der Waals surface area contributed by atoms with Gasteiger partial charge in [0.1, 0.15) is 0 Å². The summed E-state index contributed by atoms with van der Waals surface area (Å²) in [4.78, 5) is 12.0. The molecule has 1 aromatic heterocycles. The Hall–Kier alpha value is -2.86. The molecule has 0 unspecified atom stereocenters. The first-order valence-electron chi connectivity index (χ1n) is 6.95. The molecule has 3 rings (SSSR count). The lowest BCUT2D eigenvalue weighted by Gasteiger charge is -2.07. The van der Waals surface area contributed by atoms with E-state index in [9.17, 15) is 4.79 Å².